The summed E-state index contributed by atoms with van der Waals surface area (Å²) in [6.45, 7) is 0. The van der Waals surface area contributed by atoms with Crippen molar-refractivity contribution in [1.82, 2.24) is 4.98 Å². The average molecular weight is 381 g/mol. The van der Waals surface area contributed by atoms with Gasteiger partial charge in [-0.15, -0.1) is 0 Å². The molecule has 2 aromatic carbocycles. The Hall–Kier alpha value is -1.93. The maximum Gasteiger partial charge on any atom is 0.280 e. The number of benzene rings is 2. The van der Waals surface area contributed by atoms with Crippen LogP contribution in [0.25, 0.3) is 0 Å². The fourth-order valence-corrected chi connectivity index (χ4v) is 4.25. The molecule has 4 nitrogen and oxygen atoms in total. The SMILES string of the molecule is O=C(Nc1ccccc1F)c1ncsc1[S+]([O-])c1ccc(Cl)cc1. The van der Waals surface area contributed by atoms with Gasteiger partial charge in [0.2, 0.25) is 4.21 Å². The van der Waals surface area contributed by atoms with Crippen LogP contribution in [0.2, 0.25) is 5.02 Å². The van der Waals surface area contributed by atoms with Crippen LogP contribution in [0.3, 0.4) is 0 Å². The average Bonchev–Trinajstić information content (AvgIpc) is 3.07. The number of para-hydroxylation sites is 1. The van der Waals surface area contributed by atoms with Gasteiger partial charge in [-0.3, -0.25) is 4.79 Å². The summed E-state index contributed by atoms with van der Waals surface area (Å²) in [5.74, 6) is -1.17. The molecule has 0 aliphatic carbocycles. The number of halogens is 2. The Balaban J connectivity index is 1.86. The Morgan fingerprint density at radius 2 is 1.92 bits per heavy atom. The van der Waals surface area contributed by atoms with Gasteiger partial charge in [-0.25, -0.2) is 9.37 Å². The fourth-order valence-electron chi connectivity index (χ4n) is 1.93. The van der Waals surface area contributed by atoms with Gasteiger partial charge in [-0.05, 0) is 36.4 Å². The van der Waals surface area contributed by atoms with Crippen molar-refractivity contribution in [3.63, 3.8) is 0 Å². The number of anilines is 1. The van der Waals surface area contributed by atoms with Crippen LogP contribution < -0.4 is 5.32 Å². The standard InChI is InChI=1S/C16H10ClFN2O2S2/c17-10-5-7-11(8-6-10)24(22)16-14(19-9-23-16)15(21)20-13-4-2-1-3-12(13)18/h1-9H,(H,20,21). The Bertz CT molecular complexity index is 871. The molecule has 0 fully saturated rings. The predicted octanol–water partition coefficient (Wildman–Crippen LogP) is 4.35. The molecule has 0 aliphatic rings. The second kappa shape index (κ2) is 7.31. The summed E-state index contributed by atoms with van der Waals surface area (Å²) in [7, 11) is 0. The highest BCUT2D eigenvalue weighted by Crippen LogP contribution is 2.29. The molecule has 0 bridgehead atoms. The first kappa shape index (κ1) is 16.9. The van der Waals surface area contributed by atoms with E-state index in [9.17, 15) is 13.7 Å². The van der Waals surface area contributed by atoms with Gasteiger partial charge in [0.25, 0.3) is 5.91 Å². The first-order valence-corrected chi connectivity index (χ1v) is 9.13. The Morgan fingerprint density at radius 1 is 1.21 bits per heavy atom. The maximum atomic E-state index is 13.6. The number of amides is 1. The lowest BCUT2D eigenvalue weighted by Gasteiger charge is -2.10. The van der Waals surface area contributed by atoms with Crippen molar-refractivity contribution in [3.8, 4) is 0 Å². The van der Waals surface area contributed by atoms with E-state index in [0.29, 0.717) is 14.1 Å². The third-order valence-electron chi connectivity index (χ3n) is 3.07. The van der Waals surface area contributed by atoms with E-state index < -0.39 is 22.9 Å². The van der Waals surface area contributed by atoms with Crippen LogP contribution in [0, 0.1) is 5.82 Å². The molecule has 3 aromatic rings. The first-order chi connectivity index (χ1) is 11.6. The quantitative estimate of drug-likeness (QED) is 0.684. The van der Waals surface area contributed by atoms with Crippen molar-refractivity contribution in [2.24, 2.45) is 0 Å². The molecule has 122 valence electrons. The molecule has 0 radical (unpaired) electrons. The molecule has 0 saturated heterocycles. The van der Waals surface area contributed by atoms with Crippen LogP contribution in [0.1, 0.15) is 10.5 Å². The molecule has 0 spiro atoms. The summed E-state index contributed by atoms with van der Waals surface area (Å²) in [6.07, 6.45) is 0. The number of hydrogen-bond donors (Lipinski definition) is 1. The van der Waals surface area contributed by atoms with Crippen molar-refractivity contribution in [3.05, 3.63) is 70.6 Å². The molecule has 1 heterocycles. The number of rotatable bonds is 4. The van der Waals surface area contributed by atoms with Gasteiger partial charge in [0.1, 0.15) is 5.82 Å². The summed E-state index contributed by atoms with van der Waals surface area (Å²) in [5, 5.41) is 2.97. The van der Waals surface area contributed by atoms with Crippen molar-refractivity contribution < 1.29 is 13.7 Å². The number of aromatic nitrogens is 1. The predicted molar refractivity (Wildman–Crippen MR) is 92.6 cm³/mol. The summed E-state index contributed by atoms with van der Waals surface area (Å²) in [4.78, 5) is 16.8. The lowest BCUT2D eigenvalue weighted by atomic mass is 10.3. The second-order valence-electron chi connectivity index (χ2n) is 4.65. The van der Waals surface area contributed by atoms with Crippen LogP contribution in [-0.2, 0) is 11.2 Å². The molecule has 1 aromatic heterocycles. The molecule has 24 heavy (non-hydrogen) atoms. The van der Waals surface area contributed by atoms with Crippen molar-refractivity contribution >= 4 is 45.7 Å². The van der Waals surface area contributed by atoms with Crippen LogP contribution in [-0.4, -0.2) is 15.4 Å². The van der Waals surface area contributed by atoms with Gasteiger partial charge in [-0.2, -0.15) is 0 Å². The van der Waals surface area contributed by atoms with Gasteiger partial charge in [0.05, 0.1) is 11.2 Å². The number of carbonyl (C=O) groups excluding carboxylic acids is 1. The largest absolute Gasteiger partial charge is 0.606 e. The molecule has 0 aliphatic heterocycles. The summed E-state index contributed by atoms with van der Waals surface area (Å²) in [5.41, 5.74) is 1.48. The number of nitrogens with zero attached hydrogens (tertiary/aromatic N) is 1. The second-order valence-corrected chi connectivity index (χ2v) is 7.61. The zero-order valence-corrected chi connectivity index (χ0v) is 14.4. The monoisotopic (exact) mass is 380 g/mol. The normalized spacial score (nSPS) is 12.0. The van der Waals surface area contributed by atoms with E-state index >= 15 is 0 Å². The maximum absolute atomic E-state index is 13.6. The highest BCUT2D eigenvalue weighted by molar-refractivity contribution is 7.93. The summed E-state index contributed by atoms with van der Waals surface area (Å²) in [6, 6.07) is 12.3. The van der Waals surface area contributed by atoms with Crippen molar-refractivity contribution in [2.45, 2.75) is 9.10 Å². The van der Waals surface area contributed by atoms with E-state index in [2.05, 4.69) is 10.3 Å². The molecular formula is C16H10ClFN2O2S2. The van der Waals surface area contributed by atoms with Gasteiger partial charge in [0.15, 0.2) is 10.6 Å². The third-order valence-corrected chi connectivity index (χ3v) is 5.91. The van der Waals surface area contributed by atoms with E-state index in [1.807, 2.05) is 0 Å². The van der Waals surface area contributed by atoms with E-state index in [0.717, 1.165) is 11.3 Å². The first-order valence-electron chi connectivity index (χ1n) is 6.73. The van der Waals surface area contributed by atoms with Crippen molar-refractivity contribution in [2.75, 3.05) is 5.32 Å². The lowest BCUT2D eigenvalue weighted by Crippen LogP contribution is -2.16. The molecule has 3 rings (SSSR count). The van der Waals surface area contributed by atoms with Crippen LogP contribution in [0.5, 0.6) is 0 Å². The smallest absolute Gasteiger partial charge is 0.280 e. The fraction of sp³-hybridized carbons (Fsp3) is 0. The highest BCUT2D eigenvalue weighted by atomic mass is 35.5. The zero-order valence-electron chi connectivity index (χ0n) is 12.0. The van der Waals surface area contributed by atoms with E-state index in [4.69, 9.17) is 11.6 Å². The molecule has 1 N–H and O–H groups in total. The topological polar surface area (TPSA) is 65.0 Å². The van der Waals surface area contributed by atoms with Gasteiger partial charge >= 0.3 is 0 Å². The van der Waals surface area contributed by atoms with E-state index in [1.54, 1.807) is 30.3 Å². The summed E-state index contributed by atoms with van der Waals surface area (Å²) < 4.78 is 26.6. The minimum absolute atomic E-state index is 0.0107. The number of nitrogens with one attached hydrogen (secondary N) is 1. The van der Waals surface area contributed by atoms with Crippen LogP contribution in [0.4, 0.5) is 10.1 Å². The Morgan fingerprint density at radius 3 is 2.62 bits per heavy atom. The zero-order chi connectivity index (χ0) is 17.1. The van der Waals surface area contributed by atoms with Gasteiger partial charge in [-0.1, -0.05) is 35.1 Å². The molecule has 1 amide bonds. The molecule has 0 saturated carbocycles. The summed E-state index contributed by atoms with van der Waals surface area (Å²) >= 11 is 5.34. The van der Waals surface area contributed by atoms with E-state index in [-0.39, 0.29) is 11.4 Å². The molecule has 1 unspecified atom stereocenters. The van der Waals surface area contributed by atoms with Gasteiger partial charge in [0, 0.05) is 16.2 Å². The minimum Gasteiger partial charge on any atom is -0.606 e. The number of hydrogen-bond acceptors (Lipinski definition) is 4. The van der Waals surface area contributed by atoms with Crippen LogP contribution >= 0.6 is 22.9 Å². The Kier molecular flexibility index (Phi) is 5.15. The molecular weight excluding hydrogens is 371 g/mol. The number of thiazole rings is 1. The Labute approximate surface area is 149 Å². The molecule has 8 heteroatoms. The number of carbonyl (C=O) groups is 1. The van der Waals surface area contributed by atoms with Gasteiger partial charge < -0.3 is 9.87 Å². The molecule has 1 atom stereocenters. The third kappa shape index (κ3) is 3.59. The highest BCUT2D eigenvalue weighted by Gasteiger charge is 2.27. The van der Waals surface area contributed by atoms with Crippen LogP contribution in [0.15, 0.2) is 63.1 Å². The minimum atomic E-state index is -1.58. The van der Waals surface area contributed by atoms with Crippen molar-refractivity contribution in [1.29, 1.82) is 0 Å². The lowest BCUT2D eigenvalue weighted by molar-refractivity contribution is 0.101. The van der Waals surface area contributed by atoms with E-state index in [1.165, 1.54) is 23.7 Å².